The van der Waals surface area contributed by atoms with Crippen LogP contribution in [0.2, 0.25) is 0 Å². The Morgan fingerprint density at radius 1 is 1.22 bits per heavy atom. The first-order valence-corrected chi connectivity index (χ1v) is 13.9. The monoisotopic (exact) mass is 518 g/mol. The van der Waals surface area contributed by atoms with E-state index in [2.05, 4.69) is 26.0 Å². The maximum Gasteiger partial charge on any atom is 0.408 e. The number of cyclic esters (lactones) is 1. The second-order valence-corrected chi connectivity index (χ2v) is 12.5. The third-order valence-electron chi connectivity index (χ3n) is 7.63. The molecule has 0 aliphatic carbocycles. The molecule has 1 fully saturated rings. The average Bonchev–Trinajstić information content (AvgIpc) is 3.15. The molecule has 1 aliphatic heterocycles. The van der Waals surface area contributed by atoms with E-state index in [0.29, 0.717) is 18.8 Å². The van der Waals surface area contributed by atoms with E-state index >= 15 is 0 Å². The number of methoxy groups -OCH3 is 1. The van der Waals surface area contributed by atoms with Gasteiger partial charge in [0.25, 0.3) is 0 Å². The molecule has 4 atom stereocenters. The number of pyridine rings is 1. The fraction of sp³-hybridized carbons (Fsp3) is 0.767. The van der Waals surface area contributed by atoms with Gasteiger partial charge in [-0.25, -0.2) is 4.79 Å². The van der Waals surface area contributed by atoms with Gasteiger partial charge in [-0.3, -0.25) is 14.7 Å². The number of nitrogens with zero attached hydrogens (tertiary/aromatic N) is 2. The van der Waals surface area contributed by atoms with Gasteiger partial charge in [-0.15, -0.1) is 0 Å². The van der Waals surface area contributed by atoms with E-state index in [4.69, 9.17) is 14.5 Å². The van der Waals surface area contributed by atoms with Crippen LogP contribution in [-0.4, -0.2) is 58.5 Å². The first kappa shape index (κ1) is 31.1. The zero-order valence-electron chi connectivity index (χ0n) is 24.5. The summed E-state index contributed by atoms with van der Waals surface area (Å²) in [7, 11) is 1.73. The molecule has 2 heterocycles. The minimum absolute atomic E-state index is 0.161. The Morgan fingerprint density at radius 3 is 2.41 bits per heavy atom. The van der Waals surface area contributed by atoms with Crippen molar-refractivity contribution in [1.29, 1.82) is 0 Å². The van der Waals surface area contributed by atoms with Crippen molar-refractivity contribution in [3.63, 3.8) is 0 Å². The molecule has 1 amide bonds. The van der Waals surface area contributed by atoms with Crippen LogP contribution in [0.4, 0.5) is 4.79 Å². The third kappa shape index (κ3) is 8.98. The Morgan fingerprint density at radius 2 is 1.89 bits per heavy atom. The van der Waals surface area contributed by atoms with E-state index in [1.54, 1.807) is 7.11 Å². The normalized spacial score (nSPS) is 19.8. The van der Waals surface area contributed by atoms with E-state index in [9.17, 15) is 14.7 Å². The van der Waals surface area contributed by atoms with E-state index in [-0.39, 0.29) is 23.7 Å². The number of ether oxygens (including phenoxy) is 2. The zero-order chi connectivity index (χ0) is 27.9. The fourth-order valence-electron chi connectivity index (χ4n) is 5.58. The maximum atomic E-state index is 12.7. The summed E-state index contributed by atoms with van der Waals surface area (Å²) >= 11 is 0. The Bertz CT molecular complexity index is 892. The molecule has 1 aromatic rings. The van der Waals surface area contributed by atoms with Crippen LogP contribution >= 0.6 is 0 Å². The molecule has 7 nitrogen and oxygen atoms in total. The lowest BCUT2D eigenvalue weighted by Gasteiger charge is -2.43. The minimum Gasteiger partial charge on any atom is -0.465 e. The number of esters is 1. The molecule has 0 bridgehead atoms. The summed E-state index contributed by atoms with van der Waals surface area (Å²) in [4.78, 5) is 31.5. The highest BCUT2D eigenvalue weighted by Crippen LogP contribution is 2.37. The molecular weight excluding hydrogens is 468 g/mol. The average molecular weight is 519 g/mol. The lowest BCUT2D eigenvalue weighted by molar-refractivity contribution is -0.148. The van der Waals surface area contributed by atoms with Crippen molar-refractivity contribution < 1.29 is 24.2 Å². The van der Waals surface area contributed by atoms with Crippen molar-refractivity contribution in [3.05, 3.63) is 29.1 Å². The molecule has 0 radical (unpaired) electrons. The van der Waals surface area contributed by atoms with Crippen molar-refractivity contribution in [2.75, 3.05) is 13.7 Å². The number of amides is 1. The van der Waals surface area contributed by atoms with Crippen LogP contribution in [0.25, 0.3) is 0 Å². The van der Waals surface area contributed by atoms with Gasteiger partial charge < -0.3 is 14.6 Å². The van der Waals surface area contributed by atoms with E-state index in [1.165, 1.54) is 10.5 Å². The molecule has 2 rings (SSSR count). The van der Waals surface area contributed by atoms with Gasteiger partial charge >= 0.3 is 12.1 Å². The maximum absolute atomic E-state index is 12.7. The number of hydrogen-bond donors (Lipinski definition) is 1. The number of carbonyl (C=O) groups excluding carboxylic acids is 1. The quantitative estimate of drug-likeness (QED) is 0.243. The van der Waals surface area contributed by atoms with Crippen LogP contribution in [0, 0.1) is 30.6 Å². The largest absolute Gasteiger partial charge is 0.465 e. The number of aromatic nitrogens is 1. The number of rotatable bonds is 13. The van der Waals surface area contributed by atoms with Crippen LogP contribution in [0.5, 0.6) is 0 Å². The molecule has 1 N–H and O–H groups in total. The Kier molecular flexibility index (Phi) is 11.4. The van der Waals surface area contributed by atoms with E-state index in [0.717, 1.165) is 43.7 Å². The second-order valence-electron chi connectivity index (χ2n) is 12.5. The number of hydrogen-bond acceptors (Lipinski definition) is 5. The first-order valence-electron chi connectivity index (χ1n) is 13.9. The van der Waals surface area contributed by atoms with Crippen molar-refractivity contribution in [2.45, 2.75) is 112 Å². The summed E-state index contributed by atoms with van der Waals surface area (Å²) in [5.74, 6) is 0.315. The molecule has 0 saturated carbocycles. The van der Waals surface area contributed by atoms with Crippen molar-refractivity contribution in [3.8, 4) is 0 Å². The molecule has 1 aliphatic rings. The highest BCUT2D eigenvalue weighted by molar-refractivity contribution is 5.75. The Labute approximate surface area is 224 Å². The van der Waals surface area contributed by atoms with Crippen LogP contribution in [0.1, 0.15) is 91.1 Å². The number of unbranched alkanes of at least 4 members (excludes halogenated alkanes) is 1. The predicted molar refractivity (Wildman–Crippen MR) is 147 cm³/mol. The van der Waals surface area contributed by atoms with Gasteiger partial charge in [-0.05, 0) is 102 Å². The van der Waals surface area contributed by atoms with E-state index in [1.807, 2.05) is 41.5 Å². The summed E-state index contributed by atoms with van der Waals surface area (Å²) in [6, 6.07) is 3.94. The summed E-state index contributed by atoms with van der Waals surface area (Å²) in [5.41, 5.74) is 2.71. The Balaban J connectivity index is 2.33. The topological polar surface area (TPSA) is 89.0 Å². The molecular formula is C30H50N2O5. The standard InChI is InChI=1S/C30H50N2O5/c1-19(2)23(15-22-14-21(5)31-24(16-22)12-10-11-13-36-9)17-26(32(29(34)35)30(6,7)8)27-18-25(20(3)4)28(33)37-27/h14,16,19-20,23,25-27H,10-13,15,17-18H2,1-9H3,(H,34,35). The molecule has 0 aromatic carbocycles. The van der Waals surface area contributed by atoms with Gasteiger partial charge in [0.05, 0.1) is 12.0 Å². The van der Waals surface area contributed by atoms with Gasteiger partial charge in [0.2, 0.25) is 0 Å². The summed E-state index contributed by atoms with van der Waals surface area (Å²) < 4.78 is 11.1. The van der Waals surface area contributed by atoms with Gasteiger partial charge in [0, 0.05) is 30.6 Å². The fourth-order valence-corrected chi connectivity index (χ4v) is 5.58. The number of aryl methyl sites for hydroxylation is 2. The molecule has 37 heavy (non-hydrogen) atoms. The number of carbonyl (C=O) groups is 2. The summed E-state index contributed by atoms with van der Waals surface area (Å²) in [6.45, 7) is 17.0. The highest BCUT2D eigenvalue weighted by atomic mass is 16.6. The van der Waals surface area contributed by atoms with Crippen LogP contribution in [0.3, 0.4) is 0 Å². The van der Waals surface area contributed by atoms with E-state index < -0.39 is 23.8 Å². The van der Waals surface area contributed by atoms with Crippen molar-refractivity contribution in [2.24, 2.45) is 23.7 Å². The van der Waals surface area contributed by atoms with Crippen molar-refractivity contribution >= 4 is 12.1 Å². The first-order chi connectivity index (χ1) is 17.2. The van der Waals surface area contributed by atoms with Crippen molar-refractivity contribution in [1.82, 2.24) is 9.88 Å². The summed E-state index contributed by atoms with van der Waals surface area (Å²) in [5, 5.41) is 10.3. The third-order valence-corrected chi connectivity index (χ3v) is 7.63. The second kappa shape index (κ2) is 13.6. The SMILES string of the molecule is COCCCCc1cc(CC(CC(C2CC(C(C)C)C(=O)O2)N(C(=O)O)C(C)(C)C)C(C)C)cc(C)n1. The smallest absolute Gasteiger partial charge is 0.408 e. The van der Waals surface area contributed by atoms with Gasteiger partial charge in [0.15, 0.2) is 0 Å². The molecule has 1 aromatic heterocycles. The lowest BCUT2D eigenvalue weighted by atomic mass is 9.80. The molecule has 0 spiro atoms. The van der Waals surface area contributed by atoms with Crippen LogP contribution < -0.4 is 0 Å². The molecule has 1 saturated heterocycles. The van der Waals surface area contributed by atoms with Gasteiger partial charge in [-0.1, -0.05) is 27.7 Å². The van der Waals surface area contributed by atoms with Gasteiger partial charge in [0.1, 0.15) is 6.10 Å². The lowest BCUT2D eigenvalue weighted by Crippen LogP contribution is -2.56. The minimum atomic E-state index is -0.970. The number of carboxylic acid groups (broad SMARTS) is 1. The summed E-state index contributed by atoms with van der Waals surface area (Å²) in [6.07, 6.45) is 3.57. The predicted octanol–water partition coefficient (Wildman–Crippen LogP) is 6.30. The molecule has 7 heteroatoms. The van der Waals surface area contributed by atoms with Gasteiger partial charge in [-0.2, -0.15) is 0 Å². The molecule has 4 unspecified atom stereocenters. The van der Waals surface area contributed by atoms with Crippen LogP contribution in [-0.2, 0) is 27.1 Å². The highest BCUT2D eigenvalue weighted by Gasteiger charge is 2.46. The Hall–Kier alpha value is -2.15. The van der Waals surface area contributed by atoms with Crippen LogP contribution in [0.15, 0.2) is 12.1 Å². The zero-order valence-corrected chi connectivity index (χ0v) is 24.5. The molecule has 210 valence electrons.